The summed E-state index contributed by atoms with van der Waals surface area (Å²) in [7, 11) is -3.74. The fourth-order valence-electron chi connectivity index (χ4n) is 4.05. The van der Waals surface area contributed by atoms with Crippen molar-refractivity contribution >= 4 is 10.1 Å². The van der Waals surface area contributed by atoms with Gasteiger partial charge in [0.25, 0.3) is 10.1 Å². The number of fused-ring (bicyclic) bond motifs is 1. The molecule has 4 rings (SSSR count). The van der Waals surface area contributed by atoms with Crippen molar-refractivity contribution in [1.29, 1.82) is 0 Å². The van der Waals surface area contributed by atoms with E-state index in [1.165, 1.54) is 0 Å². The Labute approximate surface area is 194 Å². The molecule has 0 saturated carbocycles. The smallest absolute Gasteiger partial charge is 0.264 e. The molecule has 33 heavy (non-hydrogen) atoms. The first-order valence-electron chi connectivity index (χ1n) is 10.8. The fraction of sp³-hybridized carbons (Fsp3) is 0.500. The first-order valence-corrected chi connectivity index (χ1v) is 12.6. The van der Waals surface area contributed by atoms with Crippen molar-refractivity contribution in [2.24, 2.45) is 0 Å². The van der Waals surface area contributed by atoms with Crippen molar-refractivity contribution in [3.05, 3.63) is 71.8 Å². The summed E-state index contributed by atoms with van der Waals surface area (Å²) in [5.74, 6) is -0.863. The minimum Gasteiger partial charge on any atom is -0.374 e. The molecular weight excluding hydrogens is 448 g/mol. The van der Waals surface area contributed by atoms with Crippen molar-refractivity contribution in [2.75, 3.05) is 19.5 Å². The maximum atomic E-state index is 11.8. The van der Waals surface area contributed by atoms with Crippen molar-refractivity contribution in [3.8, 4) is 0 Å². The monoisotopic (exact) mass is 478 g/mol. The average molecular weight is 479 g/mol. The van der Waals surface area contributed by atoms with Crippen molar-refractivity contribution in [3.63, 3.8) is 0 Å². The van der Waals surface area contributed by atoms with Crippen LogP contribution in [0.1, 0.15) is 25.0 Å². The summed E-state index contributed by atoms with van der Waals surface area (Å²) in [5, 5.41) is 0. The van der Waals surface area contributed by atoms with E-state index in [4.69, 9.17) is 27.9 Å². The zero-order valence-corrected chi connectivity index (χ0v) is 19.8. The molecule has 0 aliphatic carbocycles. The number of hydrogen-bond acceptors (Lipinski definition) is 8. The van der Waals surface area contributed by atoms with Crippen molar-refractivity contribution in [2.45, 2.75) is 56.9 Å². The third-order valence-electron chi connectivity index (χ3n) is 5.50. The lowest BCUT2D eigenvalue weighted by atomic mass is 9.96. The molecule has 2 aliphatic rings. The third kappa shape index (κ3) is 6.19. The van der Waals surface area contributed by atoms with Gasteiger partial charge in [-0.15, -0.1) is 0 Å². The molecule has 0 aromatic heterocycles. The molecule has 2 heterocycles. The molecule has 2 saturated heterocycles. The van der Waals surface area contributed by atoms with Crippen molar-refractivity contribution in [1.82, 2.24) is 0 Å². The quantitative estimate of drug-likeness (QED) is 0.482. The summed E-state index contributed by atoms with van der Waals surface area (Å²) in [6, 6.07) is 19.3. The minimum absolute atomic E-state index is 0.0248. The fourth-order valence-corrected chi connectivity index (χ4v) is 4.47. The minimum atomic E-state index is -3.74. The SMILES string of the molecule is CC1(C)OC2O[C@@](COCc3ccccc3)(COS(C)(=O)=O)[C@@H](OCc3ccccc3)[C@H]2O1. The second-order valence-electron chi connectivity index (χ2n) is 8.81. The first-order chi connectivity index (χ1) is 15.7. The van der Waals surface area contributed by atoms with Gasteiger partial charge in [-0.05, 0) is 25.0 Å². The predicted octanol–water partition coefficient (Wildman–Crippen LogP) is 3.01. The molecule has 2 aromatic carbocycles. The van der Waals surface area contributed by atoms with Gasteiger partial charge in [0.1, 0.15) is 24.4 Å². The molecule has 9 heteroatoms. The summed E-state index contributed by atoms with van der Waals surface area (Å²) in [6.45, 7) is 3.92. The lowest BCUT2D eigenvalue weighted by Gasteiger charge is -2.36. The Hall–Kier alpha value is -1.85. The van der Waals surface area contributed by atoms with Gasteiger partial charge in [0.2, 0.25) is 0 Å². The zero-order chi connectivity index (χ0) is 23.5. The van der Waals surface area contributed by atoms with E-state index in [-0.39, 0.29) is 19.8 Å². The molecule has 0 spiro atoms. The van der Waals surface area contributed by atoms with Gasteiger partial charge in [0.05, 0.1) is 26.1 Å². The normalized spacial score (nSPS) is 28.6. The van der Waals surface area contributed by atoms with Gasteiger partial charge in [-0.25, -0.2) is 0 Å². The van der Waals surface area contributed by atoms with Gasteiger partial charge >= 0.3 is 0 Å². The highest BCUT2D eigenvalue weighted by Crippen LogP contribution is 2.44. The van der Waals surface area contributed by atoms with E-state index in [2.05, 4.69) is 0 Å². The molecule has 4 atom stereocenters. The van der Waals surface area contributed by atoms with Crippen LogP contribution in [0.3, 0.4) is 0 Å². The Balaban J connectivity index is 1.57. The lowest BCUT2D eigenvalue weighted by Crippen LogP contribution is -2.53. The predicted molar refractivity (Wildman–Crippen MR) is 120 cm³/mol. The maximum Gasteiger partial charge on any atom is 0.264 e. The van der Waals surface area contributed by atoms with Crippen LogP contribution in [0.15, 0.2) is 60.7 Å². The molecule has 0 N–H and O–H groups in total. The lowest BCUT2D eigenvalue weighted by molar-refractivity contribution is -0.260. The Morgan fingerprint density at radius 1 is 0.848 bits per heavy atom. The van der Waals surface area contributed by atoms with E-state index >= 15 is 0 Å². The van der Waals surface area contributed by atoms with Gasteiger partial charge in [-0.3, -0.25) is 4.18 Å². The van der Waals surface area contributed by atoms with Gasteiger partial charge in [0, 0.05) is 0 Å². The summed E-state index contributed by atoms with van der Waals surface area (Å²) in [4.78, 5) is 0. The Bertz CT molecular complexity index is 1010. The summed E-state index contributed by atoms with van der Waals surface area (Å²) < 4.78 is 59.4. The van der Waals surface area contributed by atoms with E-state index < -0.39 is 40.0 Å². The van der Waals surface area contributed by atoms with Crippen LogP contribution in [-0.4, -0.2) is 57.8 Å². The summed E-state index contributed by atoms with van der Waals surface area (Å²) in [5.41, 5.74) is 0.686. The number of rotatable bonds is 10. The van der Waals surface area contributed by atoms with Crippen LogP contribution in [0.5, 0.6) is 0 Å². The van der Waals surface area contributed by atoms with E-state index in [1.54, 1.807) is 13.8 Å². The molecule has 0 radical (unpaired) electrons. The average Bonchev–Trinajstić information content (AvgIpc) is 3.20. The second-order valence-corrected chi connectivity index (χ2v) is 10.5. The first kappa shape index (κ1) is 24.3. The Kier molecular flexibility index (Phi) is 7.20. The molecule has 8 nitrogen and oxygen atoms in total. The molecule has 1 unspecified atom stereocenters. The standard InChI is InChI=1S/C24H30O8S/c1-23(2)30-20-21(28-15-19-12-8-5-9-13-19)24(32-22(20)31-23,17-29-33(3,25)26)16-27-14-18-10-6-4-7-11-18/h4-13,20-22H,14-17H2,1-3H3/t20-,21+,22?,24+/m1/s1. The highest BCUT2D eigenvalue weighted by molar-refractivity contribution is 7.85. The van der Waals surface area contributed by atoms with Gasteiger partial charge < -0.3 is 23.7 Å². The number of benzene rings is 2. The second kappa shape index (κ2) is 9.79. The van der Waals surface area contributed by atoms with Crippen LogP contribution in [0.2, 0.25) is 0 Å². The van der Waals surface area contributed by atoms with Crippen LogP contribution in [0.4, 0.5) is 0 Å². The molecule has 2 aromatic rings. The molecular formula is C24H30O8S. The van der Waals surface area contributed by atoms with Crippen LogP contribution in [0, 0.1) is 0 Å². The van der Waals surface area contributed by atoms with E-state index in [1.807, 2.05) is 60.7 Å². The molecule has 2 fully saturated rings. The maximum absolute atomic E-state index is 11.8. The Morgan fingerprint density at radius 2 is 1.45 bits per heavy atom. The number of hydrogen-bond donors (Lipinski definition) is 0. The van der Waals surface area contributed by atoms with E-state index in [9.17, 15) is 8.42 Å². The van der Waals surface area contributed by atoms with Gasteiger partial charge in [-0.1, -0.05) is 60.7 Å². The van der Waals surface area contributed by atoms with Crippen molar-refractivity contribution < 1.29 is 36.3 Å². The zero-order valence-electron chi connectivity index (χ0n) is 19.0. The Morgan fingerprint density at radius 3 is 2.06 bits per heavy atom. The summed E-state index contributed by atoms with van der Waals surface area (Å²) in [6.07, 6.45) is -1.02. The van der Waals surface area contributed by atoms with Crippen LogP contribution in [0.25, 0.3) is 0 Å². The van der Waals surface area contributed by atoms with Gasteiger partial charge in [-0.2, -0.15) is 8.42 Å². The topological polar surface area (TPSA) is 89.5 Å². The third-order valence-corrected chi connectivity index (χ3v) is 6.05. The van der Waals surface area contributed by atoms with Gasteiger partial charge in [0.15, 0.2) is 12.1 Å². The summed E-state index contributed by atoms with van der Waals surface area (Å²) >= 11 is 0. The molecule has 0 amide bonds. The molecule has 2 aliphatic heterocycles. The van der Waals surface area contributed by atoms with E-state index in [0.29, 0.717) is 6.61 Å². The van der Waals surface area contributed by atoms with E-state index in [0.717, 1.165) is 17.4 Å². The highest BCUT2D eigenvalue weighted by atomic mass is 32.2. The molecule has 180 valence electrons. The number of ether oxygens (including phenoxy) is 5. The largest absolute Gasteiger partial charge is 0.374 e. The highest BCUT2D eigenvalue weighted by Gasteiger charge is 2.63. The van der Waals surface area contributed by atoms with Crippen LogP contribution in [-0.2, 0) is 51.2 Å². The van der Waals surface area contributed by atoms with Crippen LogP contribution < -0.4 is 0 Å². The van der Waals surface area contributed by atoms with Crippen LogP contribution >= 0.6 is 0 Å². The molecule has 0 bridgehead atoms.